The van der Waals surface area contributed by atoms with Crippen molar-refractivity contribution in [3.8, 4) is 0 Å². The minimum atomic E-state index is -0.308. The number of nitrogens with one attached hydrogen (secondary N) is 1. The number of benzene rings is 1. The fraction of sp³-hybridized carbons (Fsp3) is 0.538. The van der Waals surface area contributed by atoms with Crippen LogP contribution in [0.2, 0.25) is 0 Å². The Balaban J connectivity index is 2.05. The molecule has 0 saturated heterocycles. The van der Waals surface area contributed by atoms with E-state index in [1.54, 1.807) is 6.07 Å². The summed E-state index contributed by atoms with van der Waals surface area (Å²) < 4.78 is 0.890. The molecule has 0 bridgehead atoms. The van der Waals surface area contributed by atoms with Crippen LogP contribution in [0.3, 0.4) is 0 Å². The quantitative estimate of drug-likeness (QED) is 0.462. The lowest BCUT2D eigenvalue weighted by molar-refractivity contribution is -0.384. The molecular formula is C13H17IN2O2S. The summed E-state index contributed by atoms with van der Waals surface area (Å²) in [4.78, 5) is 10.8. The van der Waals surface area contributed by atoms with E-state index in [1.807, 2.05) is 23.9 Å². The standard InChI is InChI=1S/C13H17IN2O2S/c1-2-19-11-5-4-10(8-11)15-12-6-3-9(14)7-13(12)16(17)18/h3,6-7,10-11,15H,2,4-5,8H2,1H3. The van der Waals surface area contributed by atoms with Crippen molar-refractivity contribution in [1.29, 1.82) is 0 Å². The molecule has 6 heteroatoms. The highest BCUT2D eigenvalue weighted by Gasteiger charge is 2.26. The normalized spacial score (nSPS) is 22.4. The predicted molar refractivity (Wildman–Crippen MR) is 89.0 cm³/mol. The van der Waals surface area contributed by atoms with E-state index in [-0.39, 0.29) is 10.6 Å². The average Bonchev–Trinajstić information content (AvgIpc) is 2.79. The molecule has 0 amide bonds. The van der Waals surface area contributed by atoms with Gasteiger partial charge in [-0.15, -0.1) is 0 Å². The molecule has 0 aliphatic heterocycles. The van der Waals surface area contributed by atoms with E-state index in [2.05, 4.69) is 34.8 Å². The third-order valence-corrected chi connectivity index (χ3v) is 5.21. The van der Waals surface area contributed by atoms with E-state index < -0.39 is 0 Å². The summed E-state index contributed by atoms with van der Waals surface area (Å²) in [5.41, 5.74) is 0.830. The van der Waals surface area contributed by atoms with Crippen LogP contribution in [-0.4, -0.2) is 22.0 Å². The molecule has 19 heavy (non-hydrogen) atoms. The van der Waals surface area contributed by atoms with Crippen molar-refractivity contribution in [2.75, 3.05) is 11.1 Å². The van der Waals surface area contributed by atoms with Crippen LogP contribution in [0.5, 0.6) is 0 Å². The topological polar surface area (TPSA) is 55.2 Å². The van der Waals surface area contributed by atoms with E-state index in [0.717, 1.165) is 22.2 Å². The molecule has 2 atom stereocenters. The van der Waals surface area contributed by atoms with Crippen molar-refractivity contribution in [1.82, 2.24) is 0 Å². The van der Waals surface area contributed by atoms with Gasteiger partial charge in [0.15, 0.2) is 0 Å². The molecule has 1 aromatic rings. The first-order valence-electron chi connectivity index (χ1n) is 6.42. The van der Waals surface area contributed by atoms with Crippen LogP contribution in [-0.2, 0) is 0 Å². The third-order valence-electron chi connectivity index (χ3n) is 3.30. The van der Waals surface area contributed by atoms with Gasteiger partial charge in [-0.25, -0.2) is 0 Å². The smallest absolute Gasteiger partial charge is 0.293 e. The summed E-state index contributed by atoms with van der Waals surface area (Å²) in [5, 5.41) is 15.1. The van der Waals surface area contributed by atoms with Gasteiger partial charge >= 0.3 is 0 Å². The molecule has 0 spiro atoms. The zero-order valence-corrected chi connectivity index (χ0v) is 13.7. The number of rotatable bonds is 5. The zero-order valence-electron chi connectivity index (χ0n) is 10.8. The monoisotopic (exact) mass is 392 g/mol. The number of thioether (sulfide) groups is 1. The molecule has 0 radical (unpaired) electrons. The van der Waals surface area contributed by atoms with Gasteiger partial charge in [-0.3, -0.25) is 10.1 Å². The number of anilines is 1. The average molecular weight is 392 g/mol. The molecule has 104 valence electrons. The van der Waals surface area contributed by atoms with Gasteiger partial charge in [-0.2, -0.15) is 11.8 Å². The fourth-order valence-corrected chi connectivity index (χ4v) is 4.07. The van der Waals surface area contributed by atoms with E-state index >= 15 is 0 Å². The number of nitro benzene ring substituents is 1. The van der Waals surface area contributed by atoms with Gasteiger partial charge in [0.2, 0.25) is 0 Å². The van der Waals surface area contributed by atoms with Crippen LogP contribution < -0.4 is 5.32 Å². The van der Waals surface area contributed by atoms with Crippen molar-refractivity contribution < 1.29 is 4.92 Å². The Morgan fingerprint density at radius 3 is 3.00 bits per heavy atom. The summed E-state index contributed by atoms with van der Waals surface area (Å²) in [6.45, 7) is 2.18. The van der Waals surface area contributed by atoms with Gasteiger partial charge in [0.1, 0.15) is 5.69 Å². The second kappa shape index (κ2) is 6.78. The van der Waals surface area contributed by atoms with Crippen LogP contribution in [0.25, 0.3) is 0 Å². The molecule has 1 fully saturated rings. The maximum absolute atomic E-state index is 11.1. The van der Waals surface area contributed by atoms with Gasteiger partial charge in [0, 0.05) is 20.9 Å². The number of nitrogens with zero attached hydrogens (tertiary/aromatic N) is 1. The molecular weight excluding hydrogens is 375 g/mol. The van der Waals surface area contributed by atoms with Gasteiger partial charge in [-0.1, -0.05) is 6.92 Å². The van der Waals surface area contributed by atoms with Crippen LogP contribution in [0.15, 0.2) is 18.2 Å². The minimum Gasteiger partial charge on any atom is -0.377 e. The van der Waals surface area contributed by atoms with Gasteiger partial charge in [0.05, 0.1) is 4.92 Å². The molecule has 1 saturated carbocycles. The summed E-state index contributed by atoms with van der Waals surface area (Å²) in [6.07, 6.45) is 3.40. The highest BCUT2D eigenvalue weighted by molar-refractivity contribution is 14.1. The maximum Gasteiger partial charge on any atom is 0.293 e. The lowest BCUT2D eigenvalue weighted by Crippen LogP contribution is -2.17. The first-order chi connectivity index (χ1) is 9.10. The highest BCUT2D eigenvalue weighted by atomic mass is 127. The molecule has 1 aliphatic rings. The summed E-state index contributed by atoms with van der Waals surface area (Å²) >= 11 is 4.09. The SMILES string of the molecule is CCSC1CCC(Nc2ccc(I)cc2[N+](=O)[O-])C1. The lowest BCUT2D eigenvalue weighted by atomic mass is 10.2. The van der Waals surface area contributed by atoms with E-state index in [0.29, 0.717) is 17.0 Å². The second-order valence-electron chi connectivity index (χ2n) is 4.65. The van der Waals surface area contributed by atoms with Gasteiger partial charge in [-0.05, 0) is 59.7 Å². The Hall–Kier alpha value is -0.500. The van der Waals surface area contributed by atoms with Crippen molar-refractivity contribution in [3.05, 3.63) is 31.9 Å². The largest absolute Gasteiger partial charge is 0.377 e. The zero-order chi connectivity index (χ0) is 13.8. The van der Waals surface area contributed by atoms with Crippen LogP contribution >= 0.6 is 34.4 Å². The van der Waals surface area contributed by atoms with Crippen molar-refractivity contribution in [2.45, 2.75) is 37.5 Å². The molecule has 1 aromatic carbocycles. The fourth-order valence-electron chi connectivity index (χ4n) is 2.46. The molecule has 2 rings (SSSR count). The van der Waals surface area contributed by atoms with Crippen LogP contribution in [0.4, 0.5) is 11.4 Å². The molecule has 4 nitrogen and oxygen atoms in total. The molecule has 0 aromatic heterocycles. The minimum absolute atomic E-state index is 0.179. The van der Waals surface area contributed by atoms with Gasteiger partial charge in [0.25, 0.3) is 5.69 Å². The highest BCUT2D eigenvalue weighted by Crippen LogP contribution is 2.34. The molecule has 2 unspecified atom stereocenters. The Labute approximate surface area is 131 Å². The molecule has 1 N–H and O–H groups in total. The lowest BCUT2D eigenvalue weighted by Gasteiger charge is -2.14. The van der Waals surface area contributed by atoms with E-state index in [1.165, 1.54) is 6.42 Å². The third kappa shape index (κ3) is 3.98. The number of hydrogen-bond donors (Lipinski definition) is 1. The molecule has 1 aliphatic carbocycles. The Morgan fingerprint density at radius 1 is 1.53 bits per heavy atom. The summed E-state index contributed by atoms with van der Waals surface area (Å²) in [5.74, 6) is 1.14. The van der Waals surface area contributed by atoms with Crippen molar-refractivity contribution in [2.24, 2.45) is 0 Å². The second-order valence-corrected chi connectivity index (χ2v) is 7.47. The predicted octanol–water partition coefficient (Wildman–Crippen LogP) is 4.29. The van der Waals surface area contributed by atoms with Crippen LogP contribution in [0, 0.1) is 13.7 Å². The van der Waals surface area contributed by atoms with Crippen LogP contribution in [0.1, 0.15) is 26.2 Å². The first kappa shape index (κ1) is 14.9. The number of halogens is 1. The van der Waals surface area contributed by atoms with E-state index in [9.17, 15) is 10.1 Å². The van der Waals surface area contributed by atoms with Crippen molar-refractivity contribution >= 4 is 45.7 Å². The first-order valence-corrected chi connectivity index (χ1v) is 8.55. The Kier molecular flexibility index (Phi) is 5.32. The Bertz CT molecular complexity index is 470. The van der Waals surface area contributed by atoms with Gasteiger partial charge < -0.3 is 5.32 Å². The van der Waals surface area contributed by atoms with Crippen molar-refractivity contribution in [3.63, 3.8) is 0 Å². The van der Waals surface area contributed by atoms with E-state index in [4.69, 9.17) is 0 Å². The Morgan fingerprint density at radius 2 is 2.32 bits per heavy atom. The maximum atomic E-state index is 11.1. The molecule has 0 heterocycles. The number of nitro groups is 1. The summed E-state index contributed by atoms with van der Waals surface area (Å²) in [7, 11) is 0. The number of hydrogen-bond acceptors (Lipinski definition) is 4. The summed E-state index contributed by atoms with van der Waals surface area (Å²) in [6, 6.07) is 5.71.